The van der Waals surface area contributed by atoms with Crippen LogP contribution in [0.3, 0.4) is 0 Å². The first-order valence-electron chi connectivity index (χ1n) is 6.09. The van der Waals surface area contributed by atoms with Gasteiger partial charge in [0, 0.05) is 0 Å². The van der Waals surface area contributed by atoms with Crippen molar-refractivity contribution in [3.05, 3.63) is 46.2 Å². The van der Waals surface area contributed by atoms with E-state index in [2.05, 4.69) is 50.2 Å². The molecule has 0 amide bonds. The minimum absolute atomic E-state index is 0.347. The molecular formula is C14H16BrN3O. The fourth-order valence-corrected chi connectivity index (χ4v) is 2.37. The molecule has 3 rings (SSSR count). The molecule has 5 heteroatoms. The van der Waals surface area contributed by atoms with E-state index in [9.17, 15) is 0 Å². The third-order valence-electron chi connectivity index (χ3n) is 2.92. The monoisotopic (exact) mass is 321 g/mol. The van der Waals surface area contributed by atoms with Gasteiger partial charge in [0.2, 0.25) is 5.88 Å². The van der Waals surface area contributed by atoms with Crippen LogP contribution in [0.15, 0.2) is 35.1 Å². The van der Waals surface area contributed by atoms with Gasteiger partial charge < -0.3 is 10.5 Å². The Balaban J connectivity index is 0.000000141. The number of aryl methyl sites for hydroxylation is 2. The number of aromatic nitrogens is 2. The zero-order chi connectivity index (χ0) is 13.7. The number of fused-ring (bicyclic) bond motifs is 1. The molecule has 100 valence electrons. The molecule has 0 saturated heterocycles. The number of benzene rings is 1. The number of nitrogen functional groups attached to an aromatic ring is 1. The van der Waals surface area contributed by atoms with Gasteiger partial charge in [0.25, 0.3) is 0 Å². The van der Waals surface area contributed by atoms with Crippen molar-refractivity contribution in [3.63, 3.8) is 0 Å². The first kappa shape index (κ1) is 13.8. The van der Waals surface area contributed by atoms with Gasteiger partial charge in [-0.1, -0.05) is 24.3 Å². The van der Waals surface area contributed by atoms with Gasteiger partial charge >= 0.3 is 0 Å². The van der Waals surface area contributed by atoms with Gasteiger partial charge in [-0.3, -0.25) is 0 Å². The van der Waals surface area contributed by atoms with E-state index in [0.29, 0.717) is 16.3 Å². The number of ether oxygens (including phenoxy) is 1. The van der Waals surface area contributed by atoms with E-state index in [-0.39, 0.29) is 0 Å². The van der Waals surface area contributed by atoms with Crippen LogP contribution in [0.25, 0.3) is 0 Å². The lowest BCUT2D eigenvalue weighted by atomic mass is 10.1. The molecule has 0 unspecified atom stereocenters. The third-order valence-corrected chi connectivity index (χ3v) is 3.47. The van der Waals surface area contributed by atoms with Crippen molar-refractivity contribution in [1.82, 2.24) is 9.97 Å². The number of methoxy groups -OCH3 is 1. The Hall–Kier alpha value is -1.62. The van der Waals surface area contributed by atoms with Gasteiger partial charge in [-0.05, 0) is 46.3 Å². The van der Waals surface area contributed by atoms with Crippen LogP contribution in [-0.4, -0.2) is 17.1 Å². The van der Waals surface area contributed by atoms with Crippen LogP contribution in [-0.2, 0) is 12.8 Å². The highest BCUT2D eigenvalue weighted by atomic mass is 79.9. The van der Waals surface area contributed by atoms with Crippen molar-refractivity contribution in [3.8, 4) is 5.88 Å². The highest BCUT2D eigenvalue weighted by Crippen LogP contribution is 2.20. The molecule has 0 atom stereocenters. The molecule has 19 heavy (non-hydrogen) atoms. The van der Waals surface area contributed by atoms with Crippen molar-refractivity contribution in [1.29, 1.82) is 0 Å². The summed E-state index contributed by atoms with van der Waals surface area (Å²) in [6, 6.07) is 8.74. The maximum Gasteiger partial charge on any atom is 0.249 e. The molecule has 4 nitrogen and oxygen atoms in total. The second kappa shape index (κ2) is 6.52. The summed E-state index contributed by atoms with van der Waals surface area (Å²) in [5.41, 5.74) is 8.46. The van der Waals surface area contributed by atoms with Crippen LogP contribution in [0.4, 0.5) is 5.82 Å². The lowest BCUT2D eigenvalue weighted by Gasteiger charge is -1.99. The average Bonchev–Trinajstić information content (AvgIpc) is 2.90. The Morgan fingerprint density at radius 2 is 1.84 bits per heavy atom. The van der Waals surface area contributed by atoms with Gasteiger partial charge in [0.1, 0.15) is 5.82 Å². The molecule has 0 radical (unpaired) electrons. The van der Waals surface area contributed by atoms with Crippen LogP contribution in [0, 0.1) is 0 Å². The summed E-state index contributed by atoms with van der Waals surface area (Å²) < 4.78 is 5.38. The van der Waals surface area contributed by atoms with Gasteiger partial charge in [0.05, 0.1) is 13.3 Å². The molecule has 0 spiro atoms. The van der Waals surface area contributed by atoms with Crippen LogP contribution >= 0.6 is 15.9 Å². The van der Waals surface area contributed by atoms with E-state index in [1.54, 1.807) is 11.1 Å². The van der Waals surface area contributed by atoms with Crippen LogP contribution in [0.2, 0.25) is 0 Å². The Morgan fingerprint density at radius 3 is 2.37 bits per heavy atom. The Morgan fingerprint density at radius 1 is 1.21 bits per heavy atom. The predicted molar refractivity (Wildman–Crippen MR) is 79.2 cm³/mol. The lowest BCUT2D eigenvalue weighted by Crippen LogP contribution is -1.96. The number of rotatable bonds is 1. The van der Waals surface area contributed by atoms with Crippen molar-refractivity contribution in [2.24, 2.45) is 0 Å². The summed E-state index contributed by atoms with van der Waals surface area (Å²) in [5, 5.41) is 0. The number of nitrogens with two attached hydrogens (primary N) is 1. The second-order valence-corrected chi connectivity index (χ2v) is 4.97. The Bertz CT molecular complexity index is 537. The van der Waals surface area contributed by atoms with Crippen molar-refractivity contribution in [2.75, 3.05) is 12.8 Å². The van der Waals surface area contributed by atoms with E-state index < -0.39 is 0 Å². The Labute approximate surface area is 121 Å². The minimum Gasteiger partial charge on any atom is -0.479 e. The normalized spacial score (nSPS) is 12.3. The highest BCUT2D eigenvalue weighted by molar-refractivity contribution is 9.10. The molecule has 0 fully saturated rings. The molecule has 1 aliphatic carbocycles. The highest BCUT2D eigenvalue weighted by Gasteiger charge is 2.07. The molecule has 1 heterocycles. The lowest BCUT2D eigenvalue weighted by molar-refractivity contribution is 0.393. The smallest absolute Gasteiger partial charge is 0.249 e. The maximum absolute atomic E-state index is 5.33. The van der Waals surface area contributed by atoms with Crippen LogP contribution in [0.1, 0.15) is 17.5 Å². The first-order chi connectivity index (χ1) is 9.20. The average molecular weight is 322 g/mol. The molecule has 0 aliphatic heterocycles. The number of halogens is 1. The summed E-state index contributed by atoms with van der Waals surface area (Å²) in [6.07, 6.45) is 5.41. The van der Waals surface area contributed by atoms with E-state index >= 15 is 0 Å². The van der Waals surface area contributed by atoms with E-state index in [4.69, 9.17) is 10.5 Å². The van der Waals surface area contributed by atoms with Gasteiger partial charge in [-0.2, -0.15) is 4.98 Å². The zero-order valence-electron chi connectivity index (χ0n) is 10.8. The predicted octanol–water partition coefficient (Wildman–Crippen LogP) is 3.01. The van der Waals surface area contributed by atoms with Crippen molar-refractivity contribution in [2.45, 2.75) is 19.3 Å². The first-order valence-corrected chi connectivity index (χ1v) is 6.89. The number of nitrogens with zero attached hydrogens (tertiary/aromatic N) is 2. The summed E-state index contributed by atoms with van der Waals surface area (Å²) in [6.45, 7) is 0. The van der Waals surface area contributed by atoms with Gasteiger partial charge in [-0.25, -0.2) is 4.98 Å². The molecule has 1 aromatic carbocycles. The quantitative estimate of drug-likeness (QED) is 0.877. The number of anilines is 1. The fourth-order valence-electron chi connectivity index (χ4n) is 2.01. The SMILES string of the molecule is COc1nc(N)cnc1Br.c1ccc2c(c1)CCC2. The maximum atomic E-state index is 5.33. The molecular weight excluding hydrogens is 306 g/mol. The Kier molecular flexibility index (Phi) is 4.74. The number of hydrogen-bond acceptors (Lipinski definition) is 4. The van der Waals surface area contributed by atoms with Gasteiger partial charge in [-0.15, -0.1) is 0 Å². The molecule has 1 aromatic heterocycles. The zero-order valence-corrected chi connectivity index (χ0v) is 12.4. The van der Waals surface area contributed by atoms with Crippen LogP contribution in [0.5, 0.6) is 5.88 Å². The molecule has 2 N–H and O–H groups in total. The van der Waals surface area contributed by atoms with Crippen molar-refractivity contribution < 1.29 is 4.74 Å². The standard InChI is InChI=1S/C9H10.C5H6BrN3O/c1-2-5-9-7-3-6-8(9)4-1;1-10-5-4(6)8-2-3(7)9-5/h1-2,4-5H,3,6-7H2;2H,1H3,(H2,7,9). The van der Waals surface area contributed by atoms with Gasteiger partial charge in [0.15, 0.2) is 4.60 Å². The summed E-state index contributed by atoms with van der Waals surface area (Å²) in [4.78, 5) is 7.69. The van der Waals surface area contributed by atoms with Crippen LogP contribution < -0.4 is 10.5 Å². The third kappa shape index (κ3) is 3.67. The molecule has 1 aliphatic rings. The minimum atomic E-state index is 0.347. The second-order valence-electron chi connectivity index (χ2n) is 4.22. The number of hydrogen-bond donors (Lipinski definition) is 1. The van der Waals surface area contributed by atoms with Crippen molar-refractivity contribution >= 4 is 21.7 Å². The fraction of sp³-hybridized carbons (Fsp3) is 0.286. The summed E-state index contributed by atoms with van der Waals surface area (Å²) >= 11 is 3.14. The van der Waals surface area contributed by atoms with E-state index in [1.807, 2.05) is 0 Å². The largest absolute Gasteiger partial charge is 0.479 e. The summed E-state index contributed by atoms with van der Waals surface area (Å²) in [7, 11) is 1.51. The summed E-state index contributed by atoms with van der Waals surface area (Å²) in [5.74, 6) is 0.750. The molecule has 2 aromatic rings. The van der Waals surface area contributed by atoms with E-state index in [0.717, 1.165) is 0 Å². The molecule has 0 bridgehead atoms. The van der Waals surface area contributed by atoms with E-state index in [1.165, 1.54) is 32.6 Å². The topological polar surface area (TPSA) is 61.0 Å². The molecule has 0 saturated carbocycles.